The third-order valence-electron chi connectivity index (χ3n) is 4.37. The maximum absolute atomic E-state index is 4.66. The lowest BCUT2D eigenvalue weighted by atomic mass is 9.96. The smallest absolute Gasteiger partial charge is 0.178 e. The number of hydrogen-bond acceptors (Lipinski definition) is 5. The Morgan fingerprint density at radius 2 is 1.78 bits per heavy atom. The predicted octanol–water partition coefficient (Wildman–Crippen LogP) is 2.71. The van der Waals surface area contributed by atoms with Crippen LogP contribution in [0.25, 0.3) is 5.65 Å². The molecule has 0 spiro atoms. The summed E-state index contributed by atoms with van der Waals surface area (Å²) in [6.07, 6.45) is 5.43. The Bertz CT molecular complexity index is 634. The number of hydrogen-bond donors (Lipinski definition) is 1. The minimum Gasteiger partial charge on any atom is -0.367 e. The molecule has 3 rings (SSSR count). The van der Waals surface area contributed by atoms with Crippen molar-refractivity contribution in [2.24, 2.45) is 0 Å². The Morgan fingerprint density at radius 1 is 1.04 bits per heavy atom. The van der Waals surface area contributed by atoms with Crippen molar-refractivity contribution < 1.29 is 0 Å². The maximum Gasteiger partial charge on any atom is 0.178 e. The minimum absolute atomic E-state index is 0.0723. The Hall–Kier alpha value is -1.69. The van der Waals surface area contributed by atoms with Gasteiger partial charge < -0.3 is 10.2 Å². The van der Waals surface area contributed by atoms with Crippen LogP contribution in [0.2, 0.25) is 0 Å². The van der Waals surface area contributed by atoms with Crippen LogP contribution >= 0.6 is 0 Å². The van der Waals surface area contributed by atoms with Crippen molar-refractivity contribution in [2.45, 2.75) is 51.9 Å². The van der Waals surface area contributed by atoms with Crippen LogP contribution in [0.3, 0.4) is 0 Å². The average Bonchev–Trinajstić information content (AvgIpc) is 2.76. The van der Waals surface area contributed by atoms with Crippen molar-refractivity contribution >= 4 is 11.5 Å². The van der Waals surface area contributed by atoms with Gasteiger partial charge in [-0.3, -0.25) is 0 Å². The fourth-order valence-electron chi connectivity index (χ4n) is 3.05. The van der Waals surface area contributed by atoms with E-state index in [0.29, 0.717) is 0 Å². The van der Waals surface area contributed by atoms with Gasteiger partial charge in [-0.2, -0.15) is 4.52 Å². The van der Waals surface area contributed by atoms with Gasteiger partial charge in [0.1, 0.15) is 5.82 Å². The molecule has 0 aromatic carbocycles. The van der Waals surface area contributed by atoms with Crippen LogP contribution in [-0.4, -0.2) is 50.9 Å². The standard InChI is InChI=1S/C17H28N6/c1-17(2,3)16-20-19-15-9-8-14(21-23(15)16)18-10-13-22-11-6-4-5-7-12-22/h8-9H,4-7,10-13H2,1-3H3,(H,18,21). The molecule has 0 radical (unpaired) electrons. The second-order valence-corrected chi connectivity index (χ2v) is 7.44. The quantitative estimate of drug-likeness (QED) is 0.940. The summed E-state index contributed by atoms with van der Waals surface area (Å²) in [6, 6.07) is 3.96. The van der Waals surface area contributed by atoms with E-state index in [1.54, 1.807) is 0 Å². The minimum atomic E-state index is -0.0723. The number of anilines is 1. The number of nitrogens with one attached hydrogen (secondary N) is 1. The molecule has 2 aromatic rings. The van der Waals surface area contributed by atoms with Gasteiger partial charge in [-0.05, 0) is 38.1 Å². The first-order valence-corrected chi connectivity index (χ1v) is 8.73. The van der Waals surface area contributed by atoms with Crippen molar-refractivity contribution in [2.75, 3.05) is 31.5 Å². The Morgan fingerprint density at radius 3 is 2.48 bits per heavy atom. The van der Waals surface area contributed by atoms with Gasteiger partial charge in [0.15, 0.2) is 11.5 Å². The molecule has 0 bridgehead atoms. The van der Waals surface area contributed by atoms with E-state index in [-0.39, 0.29) is 5.41 Å². The topological polar surface area (TPSA) is 58.4 Å². The number of nitrogens with zero attached hydrogens (tertiary/aromatic N) is 5. The van der Waals surface area contributed by atoms with Gasteiger partial charge in [0.2, 0.25) is 0 Å². The predicted molar refractivity (Wildman–Crippen MR) is 92.9 cm³/mol. The van der Waals surface area contributed by atoms with Crippen molar-refractivity contribution in [1.29, 1.82) is 0 Å². The van der Waals surface area contributed by atoms with Crippen LogP contribution in [0, 0.1) is 0 Å². The van der Waals surface area contributed by atoms with Crippen LogP contribution < -0.4 is 5.32 Å². The fourth-order valence-corrected chi connectivity index (χ4v) is 3.05. The molecule has 0 amide bonds. The second-order valence-electron chi connectivity index (χ2n) is 7.44. The normalized spacial score (nSPS) is 17.3. The number of likely N-dealkylation sites (tertiary alicyclic amines) is 1. The molecule has 6 heteroatoms. The van der Waals surface area contributed by atoms with Crippen LogP contribution in [0.4, 0.5) is 5.82 Å². The van der Waals surface area contributed by atoms with Gasteiger partial charge in [-0.25, -0.2) is 0 Å². The second kappa shape index (κ2) is 6.83. The first kappa shape index (κ1) is 16.2. The molecule has 0 aliphatic carbocycles. The van der Waals surface area contributed by atoms with Crippen molar-refractivity contribution in [3.05, 3.63) is 18.0 Å². The van der Waals surface area contributed by atoms with E-state index in [1.165, 1.54) is 38.8 Å². The third kappa shape index (κ3) is 3.99. The van der Waals surface area contributed by atoms with Gasteiger partial charge in [0, 0.05) is 18.5 Å². The molecule has 3 heterocycles. The van der Waals surface area contributed by atoms with Crippen LogP contribution in [0.1, 0.15) is 52.3 Å². The monoisotopic (exact) mass is 316 g/mol. The highest BCUT2D eigenvalue weighted by Crippen LogP contribution is 2.20. The molecule has 6 nitrogen and oxygen atoms in total. The molecule has 1 N–H and O–H groups in total. The summed E-state index contributed by atoms with van der Waals surface area (Å²) in [5, 5.41) is 16.6. The van der Waals surface area contributed by atoms with E-state index in [4.69, 9.17) is 0 Å². The highest BCUT2D eigenvalue weighted by atomic mass is 15.4. The first-order valence-electron chi connectivity index (χ1n) is 8.73. The summed E-state index contributed by atoms with van der Waals surface area (Å²) in [5.41, 5.74) is 0.727. The largest absolute Gasteiger partial charge is 0.367 e. The SMILES string of the molecule is CC(C)(C)c1nnc2ccc(NCCN3CCCCCC3)nn12. The molecule has 0 unspecified atom stereocenters. The number of aromatic nitrogens is 4. The van der Waals surface area contributed by atoms with E-state index in [2.05, 4.69) is 46.3 Å². The molecule has 23 heavy (non-hydrogen) atoms. The third-order valence-corrected chi connectivity index (χ3v) is 4.37. The molecule has 1 saturated heterocycles. The molecule has 0 atom stereocenters. The Kier molecular flexibility index (Phi) is 4.80. The van der Waals surface area contributed by atoms with E-state index >= 15 is 0 Å². The highest BCUT2D eigenvalue weighted by Gasteiger charge is 2.21. The summed E-state index contributed by atoms with van der Waals surface area (Å²) in [6.45, 7) is 10.8. The first-order chi connectivity index (χ1) is 11.0. The fraction of sp³-hybridized carbons (Fsp3) is 0.706. The van der Waals surface area contributed by atoms with E-state index in [1.807, 2.05) is 16.6 Å². The zero-order valence-electron chi connectivity index (χ0n) is 14.5. The average molecular weight is 316 g/mol. The summed E-state index contributed by atoms with van der Waals surface area (Å²) in [5.74, 6) is 1.78. The van der Waals surface area contributed by atoms with Crippen LogP contribution in [-0.2, 0) is 5.41 Å². The lowest BCUT2D eigenvalue weighted by Gasteiger charge is -2.20. The van der Waals surface area contributed by atoms with Gasteiger partial charge in [0.25, 0.3) is 0 Å². The van der Waals surface area contributed by atoms with Gasteiger partial charge in [0.05, 0.1) is 0 Å². The van der Waals surface area contributed by atoms with E-state index in [9.17, 15) is 0 Å². The number of rotatable bonds is 4. The Balaban J connectivity index is 1.64. The van der Waals surface area contributed by atoms with E-state index in [0.717, 1.165) is 30.4 Å². The van der Waals surface area contributed by atoms with Crippen molar-refractivity contribution in [3.8, 4) is 0 Å². The molecular formula is C17H28N6. The molecular weight excluding hydrogens is 288 g/mol. The van der Waals surface area contributed by atoms with E-state index < -0.39 is 0 Å². The highest BCUT2D eigenvalue weighted by molar-refractivity contribution is 5.44. The van der Waals surface area contributed by atoms with Gasteiger partial charge in [-0.15, -0.1) is 15.3 Å². The summed E-state index contributed by atoms with van der Waals surface area (Å²) in [7, 11) is 0. The van der Waals surface area contributed by atoms with Crippen molar-refractivity contribution in [3.63, 3.8) is 0 Å². The van der Waals surface area contributed by atoms with Gasteiger partial charge >= 0.3 is 0 Å². The van der Waals surface area contributed by atoms with Crippen LogP contribution in [0.15, 0.2) is 12.1 Å². The Labute approximate surface area is 138 Å². The zero-order valence-corrected chi connectivity index (χ0v) is 14.5. The molecule has 0 saturated carbocycles. The zero-order chi connectivity index (χ0) is 16.3. The molecule has 2 aromatic heterocycles. The number of fused-ring (bicyclic) bond motifs is 1. The van der Waals surface area contributed by atoms with Gasteiger partial charge in [-0.1, -0.05) is 33.6 Å². The molecule has 1 fully saturated rings. The lowest BCUT2D eigenvalue weighted by molar-refractivity contribution is 0.296. The molecule has 126 valence electrons. The van der Waals surface area contributed by atoms with Crippen molar-refractivity contribution in [1.82, 2.24) is 24.7 Å². The maximum atomic E-state index is 4.66. The molecule has 1 aliphatic rings. The summed E-state index contributed by atoms with van der Waals surface area (Å²) < 4.78 is 1.86. The summed E-state index contributed by atoms with van der Waals surface area (Å²) >= 11 is 0. The lowest BCUT2D eigenvalue weighted by Crippen LogP contribution is -2.30. The summed E-state index contributed by atoms with van der Waals surface area (Å²) in [4.78, 5) is 2.55. The molecule has 1 aliphatic heterocycles. The van der Waals surface area contributed by atoms with Crippen LogP contribution in [0.5, 0.6) is 0 Å².